The van der Waals surface area contributed by atoms with Crippen LogP contribution in [0.15, 0.2) is 78.9 Å². The van der Waals surface area contributed by atoms with Gasteiger partial charge in [0.15, 0.2) is 0 Å². The van der Waals surface area contributed by atoms with Crippen molar-refractivity contribution in [3.05, 3.63) is 95.0 Å². The third-order valence-corrected chi connectivity index (χ3v) is 6.21. The topological polar surface area (TPSA) is 57.8 Å². The number of anilines is 1. The zero-order valence-electron chi connectivity index (χ0n) is 18.4. The maximum Gasteiger partial charge on any atom is 0.224 e. The number of aromatic nitrogens is 2. The minimum absolute atomic E-state index is 0.0209. The van der Waals surface area contributed by atoms with E-state index in [1.807, 2.05) is 73.7 Å². The van der Waals surface area contributed by atoms with Crippen LogP contribution in [-0.2, 0) is 11.2 Å². The summed E-state index contributed by atoms with van der Waals surface area (Å²) in [6.07, 6.45) is 1.90. The molecule has 0 unspecified atom stereocenters. The van der Waals surface area contributed by atoms with Crippen LogP contribution in [0.3, 0.4) is 0 Å². The number of nitrogens with zero attached hydrogens (tertiary/aromatic N) is 1. The normalized spacial score (nSPS) is 11.2. The Balaban J connectivity index is 1.42. The van der Waals surface area contributed by atoms with Crippen molar-refractivity contribution >= 4 is 45.0 Å². The van der Waals surface area contributed by atoms with Gasteiger partial charge in [-0.2, -0.15) is 0 Å². The Morgan fingerprint density at radius 3 is 2.70 bits per heavy atom. The van der Waals surface area contributed by atoms with Crippen LogP contribution in [0.25, 0.3) is 33.2 Å². The van der Waals surface area contributed by atoms with Gasteiger partial charge in [0.2, 0.25) is 5.91 Å². The van der Waals surface area contributed by atoms with Crippen LogP contribution < -0.4 is 5.32 Å². The van der Waals surface area contributed by atoms with Crippen molar-refractivity contribution in [1.29, 1.82) is 0 Å². The van der Waals surface area contributed by atoms with Crippen LogP contribution in [-0.4, -0.2) is 15.9 Å². The number of hydrogen-bond acceptors (Lipinski definition) is 2. The summed E-state index contributed by atoms with van der Waals surface area (Å²) in [4.78, 5) is 21.0. The van der Waals surface area contributed by atoms with Crippen molar-refractivity contribution in [1.82, 2.24) is 9.97 Å². The number of halogens is 1. The quantitative estimate of drug-likeness (QED) is 0.283. The largest absolute Gasteiger partial charge is 0.353 e. The lowest BCUT2D eigenvalue weighted by Crippen LogP contribution is -2.12. The van der Waals surface area contributed by atoms with Crippen LogP contribution in [0.5, 0.6) is 0 Å². The summed E-state index contributed by atoms with van der Waals surface area (Å²) in [5.41, 5.74) is 6.90. The molecule has 0 aliphatic heterocycles. The van der Waals surface area contributed by atoms with E-state index >= 15 is 0 Å². The minimum Gasteiger partial charge on any atom is -0.353 e. The summed E-state index contributed by atoms with van der Waals surface area (Å²) < 4.78 is 0. The van der Waals surface area contributed by atoms with Gasteiger partial charge in [-0.3, -0.25) is 4.79 Å². The van der Waals surface area contributed by atoms with E-state index in [-0.39, 0.29) is 5.91 Å². The van der Waals surface area contributed by atoms with Gasteiger partial charge in [-0.05, 0) is 67.3 Å². The minimum atomic E-state index is 0.0209. The van der Waals surface area contributed by atoms with E-state index in [2.05, 4.69) is 22.4 Å². The Labute approximate surface area is 197 Å². The highest BCUT2D eigenvalue weighted by atomic mass is 35.5. The van der Waals surface area contributed by atoms with Gasteiger partial charge in [0.25, 0.3) is 0 Å². The van der Waals surface area contributed by atoms with Gasteiger partial charge in [0, 0.05) is 33.4 Å². The van der Waals surface area contributed by atoms with Crippen LogP contribution in [0.1, 0.15) is 24.0 Å². The van der Waals surface area contributed by atoms with E-state index in [0.717, 1.165) is 62.8 Å². The van der Waals surface area contributed by atoms with Gasteiger partial charge in [-0.15, -0.1) is 0 Å². The number of hydrogen-bond donors (Lipinski definition) is 2. The number of pyridine rings is 1. The van der Waals surface area contributed by atoms with Crippen LogP contribution in [0.4, 0.5) is 5.69 Å². The molecule has 0 aliphatic rings. The maximum atomic E-state index is 12.6. The van der Waals surface area contributed by atoms with Gasteiger partial charge in [-0.1, -0.05) is 54.1 Å². The van der Waals surface area contributed by atoms with Crippen molar-refractivity contribution in [3.8, 4) is 11.4 Å². The first-order chi connectivity index (χ1) is 16.1. The number of H-pyrrole nitrogens is 1. The zero-order valence-corrected chi connectivity index (χ0v) is 19.1. The molecule has 5 rings (SSSR count). The van der Waals surface area contributed by atoms with E-state index in [1.54, 1.807) is 0 Å². The second kappa shape index (κ2) is 9.08. The number of carbonyl (C=O) groups excluding carboxylic acids is 1. The number of benzene rings is 3. The van der Waals surface area contributed by atoms with Gasteiger partial charge >= 0.3 is 0 Å². The van der Waals surface area contributed by atoms with Crippen molar-refractivity contribution in [2.75, 3.05) is 5.32 Å². The molecule has 4 nitrogen and oxygen atoms in total. The van der Waals surface area contributed by atoms with E-state index in [1.165, 1.54) is 0 Å². The number of carbonyl (C=O) groups is 1. The summed E-state index contributed by atoms with van der Waals surface area (Å²) in [5.74, 6) is 0.0209. The van der Waals surface area contributed by atoms with Crippen LogP contribution >= 0.6 is 11.6 Å². The predicted molar refractivity (Wildman–Crippen MR) is 137 cm³/mol. The third-order valence-electron chi connectivity index (χ3n) is 5.97. The first kappa shape index (κ1) is 21.2. The Bertz CT molecular complexity index is 1470. The number of amides is 1. The number of para-hydroxylation sites is 2. The molecule has 2 heterocycles. The first-order valence-electron chi connectivity index (χ1n) is 11.1. The average molecular weight is 454 g/mol. The molecule has 33 heavy (non-hydrogen) atoms. The number of fused-ring (bicyclic) bond motifs is 2. The Morgan fingerprint density at radius 1 is 1.00 bits per heavy atom. The molecule has 5 heteroatoms. The fourth-order valence-electron chi connectivity index (χ4n) is 4.26. The van der Waals surface area contributed by atoms with Crippen molar-refractivity contribution in [3.63, 3.8) is 0 Å². The van der Waals surface area contributed by atoms with Gasteiger partial charge in [0.1, 0.15) is 0 Å². The Morgan fingerprint density at radius 2 is 1.82 bits per heavy atom. The molecule has 0 aliphatic carbocycles. The fraction of sp³-hybridized carbons (Fsp3) is 0.143. The number of nitrogens with one attached hydrogen (secondary N) is 2. The Kier molecular flexibility index (Phi) is 5.84. The lowest BCUT2D eigenvalue weighted by molar-refractivity contribution is -0.116. The molecule has 2 N–H and O–H groups in total. The fourth-order valence-corrected chi connectivity index (χ4v) is 4.43. The maximum absolute atomic E-state index is 12.6. The van der Waals surface area contributed by atoms with E-state index < -0.39 is 0 Å². The third kappa shape index (κ3) is 4.48. The molecule has 0 spiro atoms. The standard InChI is InChI=1S/C28H24ClN3O/c1-18-7-2-4-10-23(18)31-27(33)12-6-9-21-22-17-20(29)14-16-25(22)32-28(21)26-15-13-19-8-3-5-11-24(19)30-26/h2-5,7-8,10-11,13-17,32H,6,9,12H2,1H3,(H,31,33). The van der Waals surface area contributed by atoms with Gasteiger partial charge in [0.05, 0.1) is 16.9 Å². The molecule has 0 saturated carbocycles. The highest BCUT2D eigenvalue weighted by molar-refractivity contribution is 6.31. The van der Waals surface area contributed by atoms with Gasteiger partial charge < -0.3 is 10.3 Å². The molecule has 0 radical (unpaired) electrons. The van der Waals surface area contributed by atoms with Gasteiger partial charge in [-0.25, -0.2) is 4.98 Å². The molecule has 0 fully saturated rings. The first-order valence-corrected chi connectivity index (χ1v) is 11.5. The lowest BCUT2D eigenvalue weighted by atomic mass is 10.0. The van der Waals surface area contributed by atoms with E-state index in [4.69, 9.17) is 16.6 Å². The summed E-state index contributed by atoms with van der Waals surface area (Å²) in [6, 6.07) is 25.9. The molecule has 164 valence electrons. The number of aryl methyl sites for hydroxylation is 2. The van der Waals surface area contributed by atoms with E-state index in [9.17, 15) is 4.79 Å². The lowest BCUT2D eigenvalue weighted by Gasteiger charge is -2.09. The average Bonchev–Trinajstić information content (AvgIpc) is 3.18. The number of aromatic amines is 1. The molecule has 5 aromatic rings. The second-order valence-corrected chi connectivity index (χ2v) is 8.71. The highest BCUT2D eigenvalue weighted by Crippen LogP contribution is 2.33. The van der Waals surface area contributed by atoms with Crippen molar-refractivity contribution in [2.24, 2.45) is 0 Å². The molecular formula is C28H24ClN3O. The number of rotatable bonds is 6. The molecular weight excluding hydrogens is 430 g/mol. The molecule has 0 saturated heterocycles. The molecule has 0 atom stereocenters. The van der Waals surface area contributed by atoms with Crippen molar-refractivity contribution < 1.29 is 4.79 Å². The Hall–Kier alpha value is -3.63. The van der Waals surface area contributed by atoms with Crippen molar-refractivity contribution in [2.45, 2.75) is 26.2 Å². The smallest absolute Gasteiger partial charge is 0.224 e. The van der Waals surface area contributed by atoms with Crippen LogP contribution in [0, 0.1) is 6.92 Å². The molecule has 0 bridgehead atoms. The molecule has 2 aromatic heterocycles. The monoisotopic (exact) mass is 453 g/mol. The highest BCUT2D eigenvalue weighted by Gasteiger charge is 2.16. The summed E-state index contributed by atoms with van der Waals surface area (Å²) in [5, 5.41) is 5.90. The SMILES string of the molecule is Cc1ccccc1NC(=O)CCCc1c(-c2ccc3ccccc3n2)[nH]c2ccc(Cl)cc12. The molecule has 1 amide bonds. The second-order valence-electron chi connectivity index (χ2n) is 8.27. The zero-order chi connectivity index (χ0) is 22.8. The summed E-state index contributed by atoms with van der Waals surface area (Å²) >= 11 is 6.32. The summed E-state index contributed by atoms with van der Waals surface area (Å²) in [7, 11) is 0. The summed E-state index contributed by atoms with van der Waals surface area (Å²) in [6.45, 7) is 1.99. The predicted octanol–water partition coefficient (Wildman–Crippen LogP) is 7.31. The van der Waals surface area contributed by atoms with Crippen LogP contribution in [0.2, 0.25) is 5.02 Å². The van der Waals surface area contributed by atoms with E-state index in [0.29, 0.717) is 11.4 Å². The molecule has 3 aromatic carbocycles.